The second-order valence-electron chi connectivity index (χ2n) is 7.83. The zero-order valence-corrected chi connectivity index (χ0v) is 16.6. The van der Waals surface area contributed by atoms with Crippen LogP contribution in [0.4, 0.5) is 10.3 Å². The molecule has 8 nitrogen and oxygen atoms in total. The summed E-state index contributed by atoms with van der Waals surface area (Å²) in [5.74, 6) is 1.33. The van der Waals surface area contributed by atoms with Crippen molar-refractivity contribution in [1.29, 1.82) is 0 Å². The van der Waals surface area contributed by atoms with Crippen molar-refractivity contribution in [3.05, 3.63) is 36.5 Å². The molecule has 150 valence electrons. The molecule has 5 heterocycles. The maximum absolute atomic E-state index is 14.1. The highest BCUT2D eigenvalue weighted by Crippen LogP contribution is 2.29. The Labute approximate surface area is 166 Å². The van der Waals surface area contributed by atoms with E-state index in [9.17, 15) is 4.39 Å². The normalized spacial score (nSPS) is 15.9. The van der Waals surface area contributed by atoms with Gasteiger partial charge in [-0.2, -0.15) is 0 Å². The molecular weight excluding hydrogens is 373 g/mol. The second-order valence-corrected chi connectivity index (χ2v) is 7.83. The first kappa shape index (κ1) is 18.0. The lowest BCUT2D eigenvalue weighted by molar-refractivity contribution is -0.121. The number of hydrogen-bond acceptors (Lipinski definition) is 6. The van der Waals surface area contributed by atoms with Gasteiger partial charge >= 0.3 is 0 Å². The molecular formula is C20H22FN7O. The van der Waals surface area contributed by atoms with Crippen LogP contribution in [0.15, 0.2) is 30.7 Å². The first-order chi connectivity index (χ1) is 13.9. The molecule has 1 fully saturated rings. The van der Waals surface area contributed by atoms with E-state index in [1.165, 1.54) is 0 Å². The predicted octanol–water partition coefficient (Wildman–Crippen LogP) is 3.18. The molecule has 29 heavy (non-hydrogen) atoms. The number of rotatable bonds is 5. The maximum Gasteiger partial charge on any atom is 0.241 e. The van der Waals surface area contributed by atoms with Crippen LogP contribution in [0, 0.1) is 6.92 Å². The molecule has 0 spiro atoms. The molecule has 0 aliphatic carbocycles. The number of halogens is 1. The predicted molar refractivity (Wildman–Crippen MR) is 108 cm³/mol. The number of imidazole rings is 1. The van der Waals surface area contributed by atoms with Gasteiger partial charge in [-0.15, -0.1) is 5.10 Å². The molecule has 9 heteroatoms. The third-order valence-corrected chi connectivity index (χ3v) is 5.25. The monoisotopic (exact) mass is 395 g/mol. The maximum atomic E-state index is 14.1. The Morgan fingerprint density at radius 1 is 1.24 bits per heavy atom. The van der Waals surface area contributed by atoms with Gasteiger partial charge in [-0.1, -0.05) is 0 Å². The molecule has 0 saturated carbocycles. The van der Waals surface area contributed by atoms with E-state index in [1.54, 1.807) is 10.7 Å². The summed E-state index contributed by atoms with van der Waals surface area (Å²) in [5.41, 5.74) is 3.22. The van der Waals surface area contributed by atoms with Gasteiger partial charge in [0.15, 0.2) is 11.3 Å². The fraction of sp³-hybridized carbons (Fsp3) is 0.400. The van der Waals surface area contributed by atoms with E-state index in [0.717, 1.165) is 33.6 Å². The number of fused-ring (bicyclic) bond motifs is 2. The summed E-state index contributed by atoms with van der Waals surface area (Å²) in [4.78, 5) is 13.5. The molecule has 0 amide bonds. The third-order valence-electron chi connectivity index (χ3n) is 5.25. The lowest BCUT2D eigenvalue weighted by Crippen LogP contribution is -2.50. The minimum atomic E-state index is -1.33. The van der Waals surface area contributed by atoms with E-state index in [2.05, 4.69) is 49.8 Å². The van der Waals surface area contributed by atoms with Crippen molar-refractivity contribution in [2.24, 2.45) is 0 Å². The van der Waals surface area contributed by atoms with Gasteiger partial charge in [0.2, 0.25) is 5.95 Å². The first-order valence-electron chi connectivity index (χ1n) is 9.63. The van der Waals surface area contributed by atoms with Crippen LogP contribution in [0.1, 0.15) is 25.7 Å². The SMILES string of the molecule is Cc1nc2ncc(-c3ccn4nc(NCC5(F)COC5)ncc34)cc2n1C(C)C. The summed E-state index contributed by atoms with van der Waals surface area (Å²) in [6, 6.07) is 4.38. The van der Waals surface area contributed by atoms with Crippen LogP contribution in [0.3, 0.4) is 0 Å². The van der Waals surface area contributed by atoms with Crippen molar-refractivity contribution in [2.45, 2.75) is 32.5 Å². The Morgan fingerprint density at radius 2 is 2.07 bits per heavy atom. The van der Waals surface area contributed by atoms with Crippen molar-refractivity contribution >= 4 is 22.6 Å². The van der Waals surface area contributed by atoms with Gasteiger partial charge < -0.3 is 14.6 Å². The van der Waals surface area contributed by atoms with Gasteiger partial charge in [0.1, 0.15) is 5.82 Å². The van der Waals surface area contributed by atoms with Crippen LogP contribution < -0.4 is 5.32 Å². The standard InChI is InChI=1S/C20H22FN7O/c1-12(2)28-13(3)25-18-16(28)6-14(7-22-18)15-4-5-27-17(15)8-23-19(26-27)24-9-20(21)10-29-11-20/h4-8,12H,9-11H2,1-3H3,(H,24,26). The molecule has 5 rings (SSSR count). The minimum absolute atomic E-state index is 0.109. The topological polar surface area (TPSA) is 82.2 Å². The molecule has 0 atom stereocenters. The Bertz CT molecular complexity index is 1210. The van der Waals surface area contributed by atoms with Crippen molar-refractivity contribution in [3.8, 4) is 11.1 Å². The van der Waals surface area contributed by atoms with Crippen LogP contribution in [0.2, 0.25) is 0 Å². The summed E-state index contributed by atoms with van der Waals surface area (Å²) in [7, 11) is 0. The van der Waals surface area contributed by atoms with E-state index >= 15 is 0 Å². The van der Waals surface area contributed by atoms with Gasteiger partial charge in [-0.3, -0.25) is 0 Å². The second kappa shape index (κ2) is 6.48. The highest BCUT2D eigenvalue weighted by Gasteiger charge is 2.38. The highest BCUT2D eigenvalue weighted by molar-refractivity contribution is 5.85. The number of ether oxygens (including phenoxy) is 1. The fourth-order valence-corrected chi connectivity index (χ4v) is 3.78. The molecule has 0 aromatic carbocycles. The number of hydrogen-bond donors (Lipinski definition) is 1. The fourth-order valence-electron chi connectivity index (χ4n) is 3.78. The Kier molecular flexibility index (Phi) is 4.02. The van der Waals surface area contributed by atoms with Crippen molar-refractivity contribution < 1.29 is 9.13 Å². The van der Waals surface area contributed by atoms with Gasteiger partial charge in [0.05, 0.1) is 37.0 Å². The number of aromatic nitrogens is 6. The lowest BCUT2D eigenvalue weighted by Gasteiger charge is -2.33. The Hall–Kier alpha value is -3.07. The van der Waals surface area contributed by atoms with Gasteiger partial charge in [-0.25, -0.2) is 23.9 Å². The third kappa shape index (κ3) is 3.02. The molecule has 0 radical (unpaired) electrons. The van der Waals surface area contributed by atoms with Crippen molar-refractivity contribution in [3.63, 3.8) is 0 Å². The van der Waals surface area contributed by atoms with Gasteiger partial charge in [0.25, 0.3) is 0 Å². The smallest absolute Gasteiger partial charge is 0.241 e. The molecule has 1 aliphatic rings. The summed E-state index contributed by atoms with van der Waals surface area (Å²) in [6.07, 6.45) is 5.43. The van der Waals surface area contributed by atoms with Crippen LogP contribution >= 0.6 is 0 Å². The number of aryl methyl sites for hydroxylation is 1. The van der Waals surface area contributed by atoms with E-state index in [1.807, 2.05) is 25.4 Å². The quantitative estimate of drug-likeness (QED) is 0.559. The average molecular weight is 395 g/mol. The Morgan fingerprint density at radius 3 is 2.79 bits per heavy atom. The summed E-state index contributed by atoms with van der Waals surface area (Å²) in [6.45, 7) is 6.61. The molecule has 1 N–H and O–H groups in total. The minimum Gasteiger partial charge on any atom is -0.374 e. The number of anilines is 1. The van der Waals surface area contributed by atoms with E-state index in [0.29, 0.717) is 12.0 Å². The zero-order valence-electron chi connectivity index (χ0n) is 16.6. The van der Waals surface area contributed by atoms with Crippen LogP contribution in [-0.2, 0) is 4.74 Å². The molecule has 0 bridgehead atoms. The summed E-state index contributed by atoms with van der Waals surface area (Å²) >= 11 is 0. The molecule has 4 aromatic rings. The van der Waals surface area contributed by atoms with Gasteiger partial charge in [0, 0.05) is 29.6 Å². The number of nitrogens with zero attached hydrogens (tertiary/aromatic N) is 6. The Balaban J connectivity index is 1.49. The lowest BCUT2D eigenvalue weighted by atomic mass is 10.1. The van der Waals surface area contributed by atoms with Crippen LogP contribution in [0.25, 0.3) is 27.8 Å². The zero-order chi connectivity index (χ0) is 20.2. The summed E-state index contributed by atoms with van der Waals surface area (Å²) in [5, 5.41) is 7.40. The summed E-state index contributed by atoms with van der Waals surface area (Å²) < 4.78 is 22.9. The van der Waals surface area contributed by atoms with Crippen LogP contribution in [0.5, 0.6) is 0 Å². The average Bonchev–Trinajstić information content (AvgIpc) is 3.23. The van der Waals surface area contributed by atoms with Crippen molar-refractivity contribution in [2.75, 3.05) is 25.1 Å². The molecule has 1 aliphatic heterocycles. The molecule has 1 saturated heterocycles. The molecule has 0 unspecified atom stereocenters. The number of nitrogens with one attached hydrogen (secondary N) is 1. The van der Waals surface area contributed by atoms with Crippen LogP contribution in [-0.4, -0.2) is 54.6 Å². The van der Waals surface area contributed by atoms with E-state index < -0.39 is 5.67 Å². The molecule has 4 aromatic heterocycles. The largest absolute Gasteiger partial charge is 0.374 e. The van der Waals surface area contributed by atoms with Crippen molar-refractivity contribution in [1.82, 2.24) is 29.1 Å². The van der Waals surface area contributed by atoms with Gasteiger partial charge in [-0.05, 0) is 32.9 Å². The first-order valence-corrected chi connectivity index (χ1v) is 9.63. The van der Waals surface area contributed by atoms with E-state index in [-0.39, 0.29) is 19.8 Å². The van der Waals surface area contributed by atoms with E-state index in [4.69, 9.17) is 4.74 Å². The highest BCUT2D eigenvalue weighted by atomic mass is 19.1. The number of pyridine rings is 1. The number of alkyl halides is 1.